The summed E-state index contributed by atoms with van der Waals surface area (Å²) in [6, 6.07) is 2.94. The fourth-order valence-electron chi connectivity index (χ4n) is 1.51. The maximum atomic E-state index is 12.1. The highest BCUT2D eigenvalue weighted by atomic mass is 79.9. The lowest BCUT2D eigenvalue weighted by Crippen LogP contribution is -2.35. The number of primary amides is 1. The standard InChI is InChI=1S/C11H13BrN2O5S/c1-6(4-10(13)15)14-20(18,19)9-5-7(11(16)17)2-3-8(9)12/h2-3,5-6,14H,4H2,1H3,(H2,13,15)(H,16,17). The van der Waals surface area contributed by atoms with E-state index in [1.165, 1.54) is 19.1 Å². The molecule has 0 saturated heterocycles. The molecule has 1 rings (SSSR count). The Labute approximate surface area is 124 Å². The largest absolute Gasteiger partial charge is 0.478 e. The van der Waals surface area contributed by atoms with Gasteiger partial charge in [-0.15, -0.1) is 0 Å². The topological polar surface area (TPSA) is 127 Å². The van der Waals surface area contributed by atoms with Crippen molar-refractivity contribution in [3.63, 3.8) is 0 Å². The number of carbonyl (C=O) groups excluding carboxylic acids is 1. The van der Waals surface area contributed by atoms with Gasteiger partial charge >= 0.3 is 5.97 Å². The smallest absolute Gasteiger partial charge is 0.335 e. The van der Waals surface area contributed by atoms with Crippen LogP contribution in [0.2, 0.25) is 0 Å². The lowest BCUT2D eigenvalue weighted by molar-refractivity contribution is -0.118. The van der Waals surface area contributed by atoms with Crippen LogP contribution in [0.5, 0.6) is 0 Å². The van der Waals surface area contributed by atoms with Crippen LogP contribution in [0.3, 0.4) is 0 Å². The predicted molar refractivity (Wildman–Crippen MR) is 74.7 cm³/mol. The lowest BCUT2D eigenvalue weighted by Gasteiger charge is -2.14. The average Bonchev–Trinajstić information content (AvgIpc) is 2.26. The van der Waals surface area contributed by atoms with Crippen molar-refractivity contribution in [1.29, 1.82) is 0 Å². The first-order valence-corrected chi connectivity index (χ1v) is 7.74. The van der Waals surface area contributed by atoms with Crippen LogP contribution < -0.4 is 10.5 Å². The van der Waals surface area contributed by atoms with Crippen LogP contribution in [0.1, 0.15) is 23.7 Å². The fraction of sp³-hybridized carbons (Fsp3) is 0.273. The third kappa shape index (κ3) is 4.29. The van der Waals surface area contributed by atoms with Crippen LogP contribution >= 0.6 is 15.9 Å². The first-order valence-electron chi connectivity index (χ1n) is 5.47. The molecule has 1 aromatic rings. The summed E-state index contributed by atoms with van der Waals surface area (Å²) in [5, 5.41) is 8.88. The second-order valence-corrected chi connectivity index (χ2v) is 6.68. The molecule has 0 radical (unpaired) electrons. The number of aromatic carboxylic acids is 1. The number of hydrogen-bond acceptors (Lipinski definition) is 4. The van der Waals surface area contributed by atoms with Gasteiger partial charge in [0.05, 0.1) is 10.5 Å². The summed E-state index contributed by atoms with van der Waals surface area (Å²) in [5.41, 5.74) is 4.83. The van der Waals surface area contributed by atoms with E-state index in [4.69, 9.17) is 10.8 Å². The normalized spacial score (nSPS) is 12.9. The summed E-state index contributed by atoms with van der Waals surface area (Å²) in [7, 11) is -3.96. The summed E-state index contributed by atoms with van der Waals surface area (Å²) in [4.78, 5) is 21.4. The maximum Gasteiger partial charge on any atom is 0.335 e. The molecule has 0 aliphatic carbocycles. The van der Waals surface area contributed by atoms with Gasteiger partial charge in [-0.05, 0) is 41.1 Å². The van der Waals surface area contributed by atoms with Crippen molar-refractivity contribution in [3.05, 3.63) is 28.2 Å². The second-order valence-electron chi connectivity index (χ2n) is 4.14. The molecule has 0 fully saturated rings. The number of benzene rings is 1. The van der Waals surface area contributed by atoms with E-state index in [0.29, 0.717) is 0 Å². The van der Waals surface area contributed by atoms with Gasteiger partial charge in [0.1, 0.15) is 0 Å². The minimum absolute atomic E-state index is 0.156. The molecule has 9 heteroatoms. The third-order valence-corrected chi connectivity index (χ3v) is 4.91. The van der Waals surface area contributed by atoms with Gasteiger partial charge in [-0.2, -0.15) is 0 Å². The van der Waals surface area contributed by atoms with E-state index >= 15 is 0 Å². The van der Waals surface area contributed by atoms with E-state index in [1.807, 2.05) is 0 Å². The van der Waals surface area contributed by atoms with E-state index in [2.05, 4.69) is 20.7 Å². The van der Waals surface area contributed by atoms with E-state index in [9.17, 15) is 18.0 Å². The van der Waals surface area contributed by atoms with Crippen molar-refractivity contribution in [3.8, 4) is 0 Å². The zero-order chi connectivity index (χ0) is 15.5. The summed E-state index contributed by atoms with van der Waals surface area (Å²) in [5.74, 6) is -1.88. The van der Waals surface area contributed by atoms with Gasteiger partial charge in [0.2, 0.25) is 15.9 Å². The van der Waals surface area contributed by atoms with E-state index in [-0.39, 0.29) is 21.4 Å². The zero-order valence-corrected chi connectivity index (χ0v) is 12.9. The highest BCUT2D eigenvalue weighted by molar-refractivity contribution is 9.10. The molecule has 1 aromatic carbocycles. The van der Waals surface area contributed by atoms with Crippen molar-refractivity contribution in [1.82, 2.24) is 4.72 Å². The quantitative estimate of drug-likeness (QED) is 0.684. The molecule has 1 atom stereocenters. The Morgan fingerprint density at radius 1 is 1.45 bits per heavy atom. The number of carbonyl (C=O) groups is 2. The van der Waals surface area contributed by atoms with Gasteiger partial charge in [-0.1, -0.05) is 0 Å². The SMILES string of the molecule is CC(CC(N)=O)NS(=O)(=O)c1cc(C(=O)O)ccc1Br. The summed E-state index contributed by atoms with van der Waals surface area (Å²) < 4.78 is 26.7. The number of carboxylic acid groups (broad SMARTS) is 1. The molecule has 1 unspecified atom stereocenters. The molecular formula is C11H13BrN2O5S. The number of amides is 1. The van der Waals surface area contributed by atoms with Crippen LogP contribution in [-0.4, -0.2) is 31.4 Å². The van der Waals surface area contributed by atoms with Gasteiger partial charge in [-0.3, -0.25) is 4.79 Å². The fourth-order valence-corrected chi connectivity index (χ4v) is 3.75. The molecule has 0 heterocycles. The molecule has 4 N–H and O–H groups in total. The average molecular weight is 365 g/mol. The molecule has 0 aliphatic rings. The number of hydrogen-bond donors (Lipinski definition) is 3. The van der Waals surface area contributed by atoms with Crippen LogP contribution in [-0.2, 0) is 14.8 Å². The van der Waals surface area contributed by atoms with Crippen LogP contribution in [0, 0.1) is 0 Å². The third-order valence-electron chi connectivity index (χ3n) is 2.33. The highest BCUT2D eigenvalue weighted by Crippen LogP contribution is 2.23. The molecule has 1 amide bonds. The minimum atomic E-state index is -3.96. The van der Waals surface area contributed by atoms with E-state index in [0.717, 1.165) is 6.07 Å². The van der Waals surface area contributed by atoms with Crippen molar-refractivity contribution in [2.24, 2.45) is 5.73 Å². The second kappa shape index (κ2) is 6.33. The van der Waals surface area contributed by atoms with Crippen molar-refractivity contribution in [2.45, 2.75) is 24.3 Å². The predicted octanol–water partition coefficient (Wildman–Crippen LogP) is 0.690. The summed E-state index contributed by atoms with van der Waals surface area (Å²) in [6.45, 7) is 1.48. The molecule has 20 heavy (non-hydrogen) atoms. The van der Waals surface area contributed by atoms with Gasteiger partial charge in [-0.25, -0.2) is 17.9 Å². The van der Waals surface area contributed by atoms with E-state index in [1.54, 1.807) is 0 Å². The van der Waals surface area contributed by atoms with Gasteiger partial charge in [0.15, 0.2) is 0 Å². The zero-order valence-electron chi connectivity index (χ0n) is 10.5. The summed E-state index contributed by atoms with van der Waals surface area (Å²) >= 11 is 3.05. The van der Waals surface area contributed by atoms with Gasteiger partial charge < -0.3 is 10.8 Å². The molecule has 0 saturated carbocycles. The molecule has 110 valence electrons. The first-order chi connectivity index (χ1) is 9.13. The van der Waals surface area contributed by atoms with Crippen LogP contribution in [0.15, 0.2) is 27.6 Å². The Morgan fingerprint density at radius 3 is 2.55 bits per heavy atom. The molecule has 0 bridgehead atoms. The van der Waals surface area contributed by atoms with Gasteiger partial charge in [0.25, 0.3) is 0 Å². The molecule has 0 aromatic heterocycles. The Balaban J connectivity index is 3.12. The Morgan fingerprint density at radius 2 is 2.05 bits per heavy atom. The Kier molecular flexibility index (Phi) is 5.26. The van der Waals surface area contributed by atoms with Crippen molar-refractivity contribution in [2.75, 3.05) is 0 Å². The molecule has 0 aliphatic heterocycles. The lowest BCUT2D eigenvalue weighted by atomic mass is 10.2. The van der Waals surface area contributed by atoms with Crippen LogP contribution in [0.25, 0.3) is 0 Å². The van der Waals surface area contributed by atoms with Gasteiger partial charge in [0, 0.05) is 16.9 Å². The Hall–Kier alpha value is -1.45. The number of carboxylic acids is 1. The summed E-state index contributed by atoms with van der Waals surface area (Å²) in [6.07, 6.45) is -0.157. The number of rotatable bonds is 6. The molecule has 0 spiro atoms. The monoisotopic (exact) mass is 364 g/mol. The highest BCUT2D eigenvalue weighted by Gasteiger charge is 2.22. The Bertz CT molecular complexity index is 644. The van der Waals surface area contributed by atoms with E-state index < -0.39 is 27.9 Å². The van der Waals surface area contributed by atoms with Crippen molar-refractivity contribution < 1.29 is 23.1 Å². The number of halogens is 1. The van der Waals surface area contributed by atoms with Crippen LogP contribution in [0.4, 0.5) is 0 Å². The number of nitrogens with one attached hydrogen (secondary N) is 1. The maximum absolute atomic E-state index is 12.1. The van der Waals surface area contributed by atoms with Crippen molar-refractivity contribution >= 4 is 37.8 Å². The molecule has 7 nitrogen and oxygen atoms in total. The number of nitrogens with two attached hydrogens (primary N) is 1. The minimum Gasteiger partial charge on any atom is -0.478 e. The molecular weight excluding hydrogens is 352 g/mol. The first kappa shape index (κ1) is 16.6. The number of sulfonamides is 1.